The maximum atomic E-state index is 12.1. The Bertz CT molecular complexity index is 739. The van der Waals surface area contributed by atoms with E-state index in [1.807, 2.05) is 32.9 Å². The summed E-state index contributed by atoms with van der Waals surface area (Å²) in [7, 11) is 0. The largest absolute Gasteiger partial charge is 0.486 e. The van der Waals surface area contributed by atoms with Crippen molar-refractivity contribution in [1.29, 1.82) is 0 Å². The number of ether oxygens (including phenoxy) is 2. The smallest absolute Gasteiger partial charge is 0.319 e. The zero-order valence-corrected chi connectivity index (χ0v) is 14.0. The Morgan fingerprint density at radius 2 is 1.92 bits per heavy atom. The van der Waals surface area contributed by atoms with Gasteiger partial charge < -0.3 is 24.6 Å². The summed E-state index contributed by atoms with van der Waals surface area (Å²) >= 11 is 0. The van der Waals surface area contributed by atoms with Crippen LogP contribution in [0, 0.1) is 6.92 Å². The Morgan fingerprint density at radius 3 is 2.58 bits per heavy atom. The number of fused-ring (bicyclic) bond motifs is 1. The molecule has 1 aromatic carbocycles. The Kier molecular flexibility index (Phi) is 4.59. The molecule has 2 aromatic rings. The van der Waals surface area contributed by atoms with Crippen LogP contribution in [0.15, 0.2) is 22.7 Å². The van der Waals surface area contributed by atoms with E-state index in [0.29, 0.717) is 36.2 Å². The number of benzene rings is 1. The lowest BCUT2D eigenvalue weighted by Crippen LogP contribution is -2.28. The van der Waals surface area contributed by atoms with E-state index in [4.69, 9.17) is 14.0 Å². The monoisotopic (exact) mass is 331 g/mol. The molecular formula is C17H21N3O4. The number of aromatic nitrogens is 1. The zero-order chi connectivity index (χ0) is 17.1. The summed E-state index contributed by atoms with van der Waals surface area (Å²) in [6.45, 7) is 7.29. The summed E-state index contributed by atoms with van der Waals surface area (Å²) < 4.78 is 16.2. The summed E-state index contributed by atoms with van der Waals surface area (Å²) in [6, 6.07) is 5.15. The van der Waals surface area contributed by atoms with Gasteiger partial charge in [-0.25, -0.2) is 4.79 Å². The van der Waals surface area contributed by atoms with Gasteiger partial charge in [-0.3, -0.25) is 0 Å². The van der Waals surface area contributed by atoms with Gasteiger partial charge in [-0.1, -0.05) is 19.0 Å². The fourth-order valence-electron chi connectivity index (χ4n) is 2.34. The van der Waals surface area contributed by atoms with E-state index in [1.165, 1.54) is 0 Å². The third-order valence-electron chi connectivity index (χ3n) is 3.73. The third kappa shape index (κ3) is 3.61. The Balaban J connectivity index is 1.60. The fourth-order valence-corrected chi connectivity index (χ4v) is 2.34. The highest BCUT2D eigenvalue weighted by Crippen LogP contribution is 2.35. The van der Waals surface area contributed by atoms with E-state index in [0.717, 1.165) is 11.3 Å². The van der Waals surface area contributed by atoms with Crippen molar-refractivity contribution in [3.8, 4) is 11.5 Å². The number of amides is 2. The molecule has 0 atom stereocenters. The van der Waals surface area contributed by atoms with Gasteiger partial charge in [-0.15, -0.1) is 0 Å². The van der Waals surface area contributed by atoms with Crippen molar-refractivity contribution in [1.82, 2.24) is 10.5 Å². The van der Waals surface area contributed by atoms with Crippen LogP contribution >= 0.6 is 0 Å². The quantitative estimate of drug-likeness (QED) is 0.898. The number of nitrogens with zero attached hydrogens (tertiary/aromatic N) is 1. The number of carbonyl (C=O) groups is 1. The van der Waals surface area contributed by atoms with Gasteiger partial charge in [0.1, 0.15) is 13.2 Å². The second-order valence-corrected chi connectivity index (χ2v) is 5.99. The van der Waals surface area contributed by atoms with E-state index in [-0.39, 0.29) is 18.5 Å². The number of rotatable bonds is 4. The number of hydrogen-bond donors (Lipinski definition) is 2. The minimum atomic E-state index is -0.322. The van der Waals surface area contributed by atoms with Crippen molar-refractivity contribution in [3.63, 3.8) is 0 Å². The number of nitrogens with one attached hydrogen (secondary N) is 2. The first kappa shape index (κ1) is 16.2. The average molecular weight is 331 g/mol. The maximum Gasteiger partial charge on any atom is 0.319 e. The van der Waals surface area contributed by atoms with Crippen LogP contribution in [0.5, 0.6) is 11.5 Å². The van der Waals surface area contributed by atoms with E-state index in [9.17, 15) is 4.79 Å². The van der Waals surface area contributed by atoms with Crippen molar-refractivity contribution in [3.05, 3.63) is 35.2 Å². The van der Waals surface area contributed by atoms with Gasteiger partial charge in [0.25, 0.3) is 0 Å². The van der Waals surface area contributed by atoms with E-state index in [2.05, 4.69) is 15.8 Å². The standard InChI is InChI=1S/C17H21N3O4/c1-10(2)13-7-12(24-20-13)9-18-17(21)19-14-8-16-15(6-11(14)3)22-4-5-23-16/h6-8,10H,4-5,9H2,1-3H3,(H2,18,19,21). The Morgan fingerprint density at radius 1 is 1.21 bits per heavy atom. The number of anilines is 1. The van der Waals surface area contributed by atoms with Crippen LogP contribution in [0.3, 0.4) is 0 Å². The molecular weight excluding hydrogens is 310 g/mol. The average Bonchev–Trinajstić information content (AvgIpc) is 3.03. The molecule has 2 heterocycles. The third-order valence-corrected chi connectivity index (χ3v) is 3.73. The summed E-state index contributed by atoms with van der Waals surface area (Å²) in [6.07, 6.45) is 0. The van der Waals surface area contributed by atoms with Crippen molar-refractivity contribution in [2.75, 3.05) is 18.5 Å². The van der Waals surface area contributed by atoms with Crippen molar-refractivity contribution < 1.29 is 18.8 Å². The molecule has 2 amide bonds. The lowest BCUT2D eigenvalue weighted by Gasteiger charge is -2.20. The van der Waals surface area contributed by atoms with Crippen molar-refractivity contribution >= 4 is 11.7 Å². The molecule has 0 radical (unpaired) electrons. The number of carbonyl (C=O) groups excluding carboxylic acids is 1. The van der Waals surface area contributed by atoms with Gasteiger partial charge in [-0.2, -0.15) is 0 Å². The summed E-state index contributed by atoms with van der Waals surface area (Å²) in [5.41, 5.74) is 2.45. The molecule has 128 valence electrons. The molecule has 7 heteroatoms. The van der Waals surface area contributed by atoms with E-state index >= 15 is 0 Å². The first-order chi connectivity index (χ1) is 11.5. The second-order valence-electron chi connectivity index (χ2n) is 5.99. The predicted molar refractivity (Wildman–Crippen MR) is 88.6 cm³/mol. The van der Waals surface area contributed by atoms with Crippen LogP contribution in [0.25, 0.3) is 0 Å². The van der Waals surface area contributed by atoms with E-state index < -0.39 is 0 Å². The fraction of sp³-hybridized carbons (Fsp3) is 0.412. The lowest BCUT2D eigenvalue weighted by atomic mass is 10.1. The van der Waals surface area contributed by atoms with Crippen LogP contribution in [-0.2, 0) is 6.54 Å². The molecule has 0 aliphatic carbocycles. The number of aryl methyl sites for hydroxylation is 1. The van der Waals surface area contributed by atoms with Crippen LogP contribution in [0.1, 0.15) is 36.8 Å². The summed E-state index contributed by atoms with van der Waals surface area (Å²) in [4.78, 5) is 12.1. The number of urea groups is 1. The molecule has 0 bridgehead atoms. The maximum absolute atomic E-state index is 12.1. The highest BCUT2D eigenvalue weighted by atomic mass is 16.6. The highest BCUT2D eigenvalue weighted by molar-refractivity contribution is 5.90. The topological polar surface area (TPSA) is 85.6 Å². The molecule has 1 aliphatic heterocycles. The van der Waals surface area contributed by atoms with Crippen molar-refractivity contribution in [2.45, 2.75) is 33.2 Å². The normalized spacial score (nSPS) is 13.0. The van der Waals surface area contributed by atoms with Crippen LogP contribution in [0.2, 0.25) is 0 Å². The highest BCUT2D eigenvalue weighted by Gasteiger charge is 2.15. The molecule has 1 aromatic heterocycles. The summed E-state index contributed by atoms with van der Waals surface area (Å²) in [5, 5.41) is 9.53. The number of hydrogen-bond acceptors (Lipinski definition) is 5. The molecule has 1 aliphatic rings. The zero-order valence-electron chi connectivity index (χ0n) is 14.0. The van der Waals surface area contributed by atoms with E-state index in [1.54, 1.807) is 6.07 Å². The summed E-state index contributed by atoms with van der Waals surface area (Å²) in [5.74, 6) is 2.25. The molecule has 24 heavy (non-hydrogen) atoms. The van der Waals surface area contributed by atoms with Gasteiger partial charge in [0.05, 0.1) is 12.2 Å². The minimum absolute atomic E-state index is 0.273. The molecule has 0 fully saturated rings. The molecule has 3 rings (SSSR count). The minimum Gasteiger partial charge on any atom is -0.486 e. The SMILES string of the molecule is Cc1cc2c(cc1NC(=O)NCc1cc(C(C)C)no1)OCCO2. The van der Waals surface area contributed by atoms with Crippen LogP contribution in [0.4, 0.5) is 10.5 Å². The van der Waals surface area contributed by atoms with Crippen LogP contribution in [-0.4, -0.2) is 24.4 Å². The predicted octanol–water partition coefficient (Wildman–Crippen LogP) is 3.20. The Labute approximate surface area is 140 Å². The lowest BCUT2D eigenvalue weighted by molar-refractivity contribution is 0.171. The van der Waals surface area contributed by atoms with Crippen molar-refractivity contribution in [2.24, 2.45) is 0 Å². The van der Waals surface area contributed by atoms with Gasteiger partial charge in [-0.05, 0) is 24.5 Å². The molecule has 0 saturated carbocycles. The van der Waals surface area contributed by atoms with Gasteiger partial charge >= 0.3 is 6.03 Å². The van der Waals surface area contributed by atoms with Gasteiger partial charge in [0.2, 0.25) is 0 Å². The first-order valence-corrected chi connectivity index (χ1v) is 7.93. The molecule has 0 spiro atoms. The molecule has 7 nitrogen and oxygen atoms in total. The molecule has 0 unspecified atom stereocenters. The second kappa shape index (κ2) is 6.82. The van der Waals surface area contributed by atoms with Crippen LogP contribution < -0.4 is 20.1 Å². The first-order valence-electron chi connectivity index (χ1n) is 7.93. The van der Waals surface area contributed by atoms with Gasteiger partial charge in [0, 0.05) is 17.8 Å². The molecule has 2 N–H and O–H groups in total. The Hall–Kier alpha value is -2.70. The van der Waals surface area contributed by atoms with Gasteiger partial charge in [0.15, 0.2) is 17.3 Å². The molecule has 0 saturated heterocycles.